The highest BCUT2D eigenvalue weighted by molar-refractivity contribution is 5.35. The topological polar surface area (TPSA) is 26.0 Å². The Bertz CT molecular complexity index is 261. The van der Waals surface area contributed by atoms with Gasteiger partial charge in [0.25, 0.3) is 0 Å². The van der Waals surface area contributed by atoms with Crippen molar-refractivity contribution in [3.63, 3.8) is 0 Å². The molecule has 1 nitrogen and oxygen atoms in total. The lowest BCUT2D eigenvalue weighted by atomic mass is 10.2. The van der Waals surface area contributed by atoms with Gasteiger partial charge in [-0.1, -0.05) is 17.7 Å². The van der Waals surface area contributed by atoms with Crippen molar-refractivity contribution in [1.29, 1.82) is 0 Å². The minimum absolute atomic E-state index is 0.966. The van der Waals surface area contributed by atoms with Crippen LogP contribution in [0.5, 0.6) is 0 Å². The first kappa shape index (κ1) is 6.70. The van der Waals surface area contributed by atoms with Crippen LogP contribution in [0, 0.1) is 18.9 Å². The molecule has 0 aliphatic heterocycles. The molecule has 0 atom stereocenters. The van der Waals surface area contributed by atoms with E-state index in [2.05, 4.69) is 12.0 Å². The Balaban J connectivity index is 2.97. The number of rotatable bonds is 0. The second-order valence-corrected chi connectivity index (χ2v) is 2.14. The molecular weight excluding hydrogens is 122 g/mol. The van der Waals surface area contributed by atoms with Crippen LogP contribution in [0.3, 0.4) is 0 Å². The highest BCUT2D eigenvalue weighted by Gasteiger charge is 1.83. The van der Waals surface area contributed by atoms with Gasteiger partial charge >= 0.3 is 0 Å². The Morgan fingerprint density at radius 2 is 1.80 bits per heavy atom. The zero-order chi connectivity index (χ0) is 7.40. The number of hydrogen-bond acceptors (Lipinski definition) is 1. The first-order valence-electron chi connectivity index (χ1n) is 3.11. The Kier molecular flexibility index (Phi) is 1.96. The van der Waals surface area contributed by atoms with Gasteiger partial charge in [0.15, 0.2) is 0 Å². The van der Waals surface area contributed by atoms with Crippen LogP contribution >= 0.6 is 0 Å². The summed E-state index contributed by atoms with van der Waals surface area (Å²) in [5, 5.41) is 0. The summed E-state index contributed by atoms with van der Waals surface area (Å²) in [6.45, 7) is 2.04. The molecule has 1 aromatic carbocycles. The molecule has 0 aliphatic rings. The first-order chi connectivity index (χ1) is 4.83. The van der Waals surface area contributed by atoms with Gasteiger partial charge in [0, 0.05) is 11.6 Å². The first-order valence-corrected chi connectivity index (χ1v) is 3.11. The number of nitrogens with two attached hydrogens (primary N) is 1. The van der Waals surface area contributed by atoms with Gasteiger partial charge in [0.2, 0.25) is 0 Å². The molecule has 1 aromatic rings. The third-order valence-electron chi connectivity index (χ3n) is 1.27. The fourth-order valence-electron chi connectivity index (χ4n) is 0.720. The van der Waals surface area contributed by atoms with Gasteiger partial charge in [-0.3, -0.25) is 0 Å². The van der Waals surface area contributed by atoms with E-state index in [0.717, 1.165) is 5.56 Å². The second kappa shape index (κ2) is 2.93. The standard InChI is InChI=1S/C9H9N/c1-8-2-4-9(5-3-8)6-7-10/h2-5H,10H2,1H3. The molecule has 0 spiro atoms. The maximum Gasteiger partial charge on any atom is 0.0263 e. The van der Waals surface area contributed by atoms with Crippen molar-refractivity contribution in [3.05, 3.63) is 35.4 Å². The molecule has 0 radical (unpaired) electrons. The molecular formula is C9H9N. The van der Waals surface area contributed by atoms with E-state index < -0.39 is 0 Å². The predicted molar refractivity (Wildman–Crippen MR) is 42.2 cm³/mol. The minimum Gasteiger partial charge on any atom is -0.359 e. The zero-order valence-electron chi connectivity index (χ0n) is 5.89. The van der Waals surface area contributed by atoms with Crippen LogP contribution in [0.25, 0.3) is 0 Å². The van der Waals surface area contributed by atoms with Crippen LogP contribution in [-0.4, -0.2) is 0 Å². The van der Waals surface area contributed by atoms with Gasteiger partial charge < -0.3 is 5.73 Å². The maximum atomic E-state index is 5.04. The van der Waals surface area contributed by atoms with E-state index in [9.17, 15) is 0 Å². The molecule has 1 rings (SSSR count). The highest BCUT2D eigenvalue weighted by atomic mass is 14.4. The van der Waals surface area contributed by atoms with Gasteiger partial charge in [-0.25, -0.2) is 0 Å². The summed E-state index contributed by atoms with van der Waals surface area (Å²) in [7, 11) is 0. The molecule has 2 N–H and O–H groups in total. The molecule has 0 bridgehead atoms. The zero-order valence-corrected chi connectivity index (χ0v) is 5.89. The lowest BCUT2D eigenvalue weighted by molar-refractivity contribution is 1.46. The van der Waals surface area contributed by atoms with E-state index >= 15 is 0 Å². The fraction of sp³-hybridized carbons (Fsp3) is 0.111. The van der Waals surface area contributed by atoms with Crippen molar-refractivity contribution in [2.24, 2.45) is 5.73 Å². The number of aryl methyl sites for hydroxylation is 1. The van der Waals surface area contributed by atoms with Gasteiger partial charge in [-0.05, 0) is 25.0 Å². The molecule has 0 aromatic heterocycles. The third-order valence-corrected chi connectivity index (χ3v) is 1.27. The van der Waals surface area contributed by atoms with Crippen molar-refractivity contribution in [3.8, 4) is 12.0 Å². The molecule has 0 fully saturated rings. The van der Waals surface area contributed by atoms with Crippen molar-refractivity contribution >= 4 is 0 Å². The molecule has 50 valence electrons. The minimum atomic E-state index is 0.966. The van der Waals surface area contributed by atoms with Crippen LogP contribution in [0.4, 0.5) is 0 Å². The summed E-state index contributed by atoms with van der Waals surface area (Å²) >= 11 is 0. The summed E-state index contributed by atoms with van der Waals surface area (Å²) in [5.74, 6) is 2.76. The quantitative estimate of drug-likeness (QED) is 0.416. The van der Waals surface area contributed by atoms with E-state index in [0.29, 0.717) is 0 Å². The number of benzene rings is 1. The molecule has 1 heteroatoms. The number of hydrogen-bond donors (Lipinski definition) is 1. The Morgan fingerprint density at radius 3 is 2.30 bits per heavy atom. The smallest absolute Gasteiger partial charge is 0.0263 e. The largest absolute Gasteiger partial charge is 0.359 e. The van der Waals surface area contributed by atoms with Gasteiger partial charge in [-0.2, -0.15) is 0 Å². The average molecular weight is 131 g/mol. The molecule has 0 aliphatic carbocycles. The van der Waals surface area contributed by atoms with Crippen molar-refractivity contribution in [1.82, 2.24) is 0 Å². The van der Waals surface area contributed by atoms with Crippen molar-refractivity contribution in [2.45, 2.75) is 6.92 Å². The molecule has 0 amide bonds. The van der Waals surface area contributed by atoms with Crippen LogP contribution < -0.4 is 5.73 Å². The fourth-order valence-corrected chi connectivity index (χ4v) is 0.720. The van der Waals surface area contributed by atoms with E-state index in [-0.39, 0.29) is 0 Å². The summed E-state index contributed by atoms with van der Waals surface area (Å²) in [5.41, 5.74) is 7.24. The van der Waals surface area contributed by atoms with Gasteiger partial charge in [-0.15, -0.1) is 0 Å². The lowest BCUT2D eigenvalue weighted by Crippen LogP contribution is -1.79. The normalized spacial score (nSPS) is 8.10. The summed E-state index contributed by atoms with van der Waals surface area (Å²) in [6, 6.07) is 10.3. The Hall–Kier alpha value is -1.42. The predicted octanol–water partition coefficient (Wildman–Crippen LogP) is 1.26. The average Bonchev–Trinajstić information content (AvgIpc) is 1.95. The van der Waals surface area contributed by atoms with Crippen molar-refractivity contribution < 1.29 is 0 Å². The summed E-state index contributed by atoms with van der Waals surface area (Å²) in [4.78, 5) is 0. The van der Waals surface area contributed by atoms with Gasteiger partial charge in [0.05, 0.1) is 0 Å². The van der Waals surface area contributed by atoms with E-state index in [4.69, 9.17) is 5.73 Å². The molecule has 0 saturated carbocycles. The Labute approximate surface area is 60.9 Å². The van der Waals surface area contributed by atoms with Crippen LogP contribution in [0.1, 0.15) is 11.1 Å². The lowest BCUT2D eigenvalue weighted by Gasteiger charge is -1.89. The Morgan fingerprint density at radius 1 is 1.20 bits per heavy atom. The molecule has 10 heavy (non-hydrogen) atoms. The van der Waals surface area contributed by atoms with Crippen LogP contribution in [0.15, 0.2) is 24.3 Å². The summed E-state index contributed by atoms with van der Waals surface area (Å²) in [6.07, 6.45) is 0. The molecule has 0 heterocycles. The van der Waals surface area contributed by atoms with Crippen LogP contribution in [-0.2, 0) is 0 Å². The third kappa shape index (κ3) is 1.53. The SMILES string of the molecule is Cc1ccc(C#CN)cc1. The summed E-state index contributed by atoms with van der Waals surface area (Å²) < 4.78 is 0. The molecule has 0 unspecified atom stereocenters. The van der Waals surface area contributed by atoms with Crippen molar-refractivity contribution in [2.75, 3.05) is 0 Å². The second-order valence-electron chi connectivity index (χ2n) is 2.14. The maximum absolute atomic E-state index is 5.04. The van der Waals surface area contributed by atoms with Gasteiger partial charge in [0.1, 0.15) is 0 Å². The van der Waals surface area contributed by atoms with E-state index in [1.165, 1.54) is 5.56 Å². The monoisotopic (exact) mass is 131 g/mol. The van der Waals surface area contributed by atoms with E-state index in [1.54, 1.807) is 0 Å². The molecule has 0 saturated heterocycles. The highest BCUT2D eigenvalue weighted by Crippen LogP contribution is 2.00. The van der Waals surface area contributed by atoms with E-state index in [1.807, 2.05) is 31.2 Å². The van der Waals surface area contributed by atoms with Crippen LogP contribution in [0.2, 0.25) is 0 Å².